The van der Waals surface area contributed by atoms with Gasteiger partial charge in [0.05, 0.1) is 0 Å². The maximum absolute atomic E-state index is 5.63. The standard InChI is InChI=1S/C10H15N5/c1-7-5-3-4-6-8(7)14-10(12)15-9(11)13-2/h3-6H,1-2H3,(H5,11,12,13,14,15). The number of aliphatic imine (C=N–C) groups is 2. The van der Waals surface area contributed by atoms with Crippen LogP contribution in [0.1, 0.15) is 5.56 Å². The molecule has 0 unspecified atom stereocenters. The van der Waals surface area contributed by atoms with Crippen LogP contribution >= 0.6 is 0 Å². The molecule has 0 atom stereocenters. The van der Waals surface area contributed by atoms with E-state index in [1.807, 2.05) is 31.2 Å². The molecule has 0 fully saturated rings. The second-order valence-corrected chi connectivity index (χ2v) is 3.02. The average Bonchev–Trinajstić information content (AvgIpc) is 2.21. The van der Waals surface area contributed by atoms with Crippen molar-refractivity contribution in [3.63, 3.8) is 0 Å². The number of nitrogens with one attached hydrogen (secondary N) is 1. The molecule has 0 bridgehead atoms. The van der Waals surface area contributed by atoms with E-state index in [1.54, 1.807) is 7.05 Å². The molecule has 0 aliphatic carbocycles. The molecule has 0 aromatic heterocycles. The zero-order valence-corrected chi connectivity index (χ0v) is 8.86. The smallest absolute Gasteiger partial charge is 0.218 e. The third-order valence-electron chi connectivity index (χ3n) is 1.87. The van der Waals surface area contributed by atoms with Crippen LogP contribution in [0.5, 0.6) is 0 Å². The predicted molar refractivity (Wildman–Crippen MR) is 64.0 cm³/mol. The van der Waals surface area contributed by atoms with Crippen molar-refractivity contribution in [1.29, 1.82) is 0 Å². The first-order chi connectivity index (χ1) is 7.13. The fraction of sp³-hybridized carbons (Fsp3) is 0.200. The van der Waals surface area contributed by atoms with E-state index in [0.717, 1.165) is 11.3 Å². The Labute approximate surface area is 88.9 Å². The first-order valence-corrected chi connectivity index (χ1v) is 4.52. The Morgan fingerprint density at radius 3 is 2.53 bits per heavy atom. The van der Waals surface area contributed by atoms with Crippen LogP contribution in [-0.4, -0.2) is 19.0 Å². The van der Waals surface area contributed by atoms with Gasteiger partial charge in [-0.2, -0.15) is 4.99 Å². The average molecular weight is 205 g/mol. The summed E-state index contributed by atoms with van der Waals surface area (Å²) in [6, 6.07) is 7.76. The number of para-hydroxylation sites is 1. The van der Waals surface area contributed by atoms with Crippen LogP contribution in [0.2, 0.25) is 0 Å². The number of aryl methyl sites for hydroxylation is 1. The summed E-state index contributed by atoms with van der Waals surface area (Å²) >= 11 is 0. The molecule has 0 radical (unpaired) electrons. The van der Waals surface area contributed by atoms with Gasteiger partial charge in [0.2, 0.25) is 11.9 Å². The lowest BCUT2D eigenvalue weighted by Gasteiger charge is -2.07. The van der Waals surface area contributed by atoms with Crippen molar-refractivity contribution in [1.82, 2.24) is 0 Å². The first kappa shape index (κ1) is 11.0. The molecule has 5 nitrogen and oxygen atoms in total. The minimum atomic E-state index is 0.147. The number of hydrogen-bond acceptors (Lipinski definition) is 1. The summed E-state index contributed by atoms with van der Waals surface area (Å²) in [6.07, 6.45) is 0. The van der Waals surface area contributed by atoms with Gasteiger partial charge in [0.1, 0.15) is 0 Å². The minimum absolute atomic E-state index is 0.147. The van der Waals surface area contributed by atoms with Crippen LogP contribution in [0, 0.1) is 6.92 Å². The van der Waals surface area contributed by atoms with Gasteiger partial charge in [-0.15, -0.1) is 0 Å². The first-order valence-electron chi connectivity index (χ1n) is 4.52. The molecular weight excluding hydrogens is 190 g/mol. The summed E-state index contributed by atoms with van der Waals surface area (Å²) in [5.41, 5.74) is 13.0. The predicted octanol–water partition coefficient (Wildman–Crippen LogP) is 0.666. The molecule has 0 saturated heterocycles. The SMILES string of the molecule is CN=C(N)N=C(N)Nc1ccccc1C. The van der Waals surface area contributed by atoms with E-state index in [9.17, 15) is 0 Å². The maximum Gasteiger partial charge on any atom is 0.218 e. The number of hydrogen-bond donors (Lipinski definition) is 3. The number of anilines is 1. The summed E-state index contributed by atoms with van der Waals surface area (Å²) in [4.78, 5) is 7.52. The Balaban J connectivity index is 2.79. The van der Waals surface area contributed by atoms with Gasteiger partial charge in [0.25, 0.3) is 0 Å². The van der Waals surface area contributed by atoms with E-state index in [1.165, 1.54) is 0 Å². The van der Waals surface area contributed by atoms with Gasteiger partial charge in [-0.25, -0.2) is 0 Å². The van der Waals surface area contributed by atoms with Crippen LogP contribution < -0.4 is 16.8 Å². The fourth-order valence-electron chi connectivity index (χ4n) is 1.05. The van der Waals surface area contributed by atoms with E-state index >= 15 is 0 Å². The van der Waals surface area contributed by atoms with Crippen LogP contribution in [0.4, 0.5) is 5.69 Å². The summed E-state index contributed by atoms with van der Waals surface area (Å²) < 4.78 is 0. The second kappa shape index (κ2) is 4.99. The van der Waals surface area contributed by atoms with E-state index in [4.69, 9.17) is 11.5 Å². The molecule has 1 rings (SSSR count). The Bertz CT molecular complexity index is 395. The van der Waals surface area contributed by atoms with Crippen molar-refractivity contribution >= 4 is 17.6 Å². The number of nitrogens with zero attached hydrogens (tertiary/aromatic N) is 2. The molecule has 5 N–H and O–H groups in total. The van der Waals surface area contributed by atoms with Crippen molar-refractivity contribution in [2.75, 3.05) is 12.4 Å². The van der Waals surface area contributed by atoms with E-state index in [0.29, 0.717) is 0 Å². The quantitative estimate of drug-likeness (QED) is 0.465. The Morgan fingerprint density at radius 1 is 1.27 bits per heavy atom. The minimum Gasteiger partial charge on any atom is -0.369 e. The lowest BCUT2D eigenvalue weighted by molar-refractivity contribution is 1.34. The second-order valence-electron chi connectivity index (χ2n) is 3.02. The Kier molecular flexibility index (Phi) is 3.68. The largest absolute Gasteiger partial charge is 0.369 e. The van der Waals surface area contributed by atoms with Crippen molar-refractivity contribution in [3.05, 3.63) is 29.8 Å². The molecule has 1 aromatic rings. The maximum atomic E-state index is 5.63. The normalized spacial score (nSPS) is 12.7. The molecule has 0 aliphatic rings. The molecule has 1 aromatic carbocycles. The van der Waals surface area contributed by atoms with Crippen LogP contribution in [0.25, 0.3) is 0 Å². The fourth-order valence-corrected chi connectivity index (χ4v) is 1.05. The summed E-state index contributed by atoms with van der Waals surface area (Å²) in [5.74, 6) is 0.376. The lowest BCUT2D eigenvalue weighted by Crippen LogP contribution is -2.26. The zero-order chi connectivity index (χ0) is 11.3. The molecule has 0 amide bonds. The van der Waals surface area contributed by atoms with Gasteiger partial charge in [-0.3, -0.25) is 4.99 Å². The van der Waals surface area contributed by atoms with Crippen LogP contribution in [-0.2, 0) is 0 Å². The summed E-state index contributed by atoms with van der Waals surface area (Å²) in [6.45, 7) is 1.98. The van der Waals surface area contributed by atoms with E-state index in [-0.39, 0.29) is 11.9 Å². The lowest BCUT2D eigenvalue weighted by atomic mass is 10.2. The summed E-state index contributed by atoms with van der Waals surface area (Å²) in [5, 5.41) is 2.94. The van der Waals surface area contributed by atoms with Gasteiger partial charge < -0.3 is 16.8 Å². The number of rotatable bonds is 1. The topological polar surface area (TPSA) is 88.8 Å². The highest BCUT2D eigenvalue weighted by atomic mass is 15.2. The van der Waals surface area contributed by atoms with Crippen molar-refractivity contribution in [2.45, 2.75) is 6.92 Å². The van der Waals surface area contributed by atoms with Crippen molar-refractivity contribution < 1.29 is 0 Å². The molecule has 0 saturated carbocycles. The molecule has 15 heavy (non-hydrogen) atoms. The molecular formula is C10H15N5. The van der Waals surface area contributed by atoms with Gasteiger partial charge in [0, 0.05) is 12.7 Å². The van der Waals surface area contributed by atoms with Gasteiger partial charge >= 0.3 is 0 Å². The van der Waals surface area contributed by atoms with Gasteiger partial charge in [-0.1, -0.05) is 18.2 Å². The zero-order valence-electron chi connectivity index (χ0n) is 8.86. The summed E-state index contributed by atoms with van der Waals surface area (Å²) in [7, 11) is 1.56. The highest BCUT2D eigenvalue weighted by molar-refractivity contribution is 6.00. The molecule has 80 valence electrons. The Morgan fingerprint density at radius 2 is 1.93 bits per heavy atom. The highest BCUT2D eigenvalue weighted by Crippen LogP contribution is 2.12. The van der Waals surface area contributed by atoms with Crippen LogP contribution in [0.3, 0.4) is 0 Å². The van der Waals surface area contributed by atoms with Crippen molar-refractivity contribution in [2.24, 2.45) is 21.5 Å². The third kappa shape index (κ3) is 3.30. The number of benzene rings is 1. The van der Waals surface area contributed by atoms with E-state index < -0.39 is 0 Å². The monoisotopic (exact) mass is 205 g/mol. The van der Waals surface area contributed by atoms with E-state index in [2.05, 4.69) is 15.3 Å². The number of guanidine groups is 2. The van der Waals surface area contributed by atoms with Crippen LogP contribution in [0.15, 0.2) is 34.3 Å². The Hall–Kier alpha value is -2.04. The van der Waals surface area contributed by atoms with Gasteiger partial charge in [-0.05, 0) is 18.6 Å². The molecule has 5 heteroatoms. The molecule has 0 spiro atoms. The molecule has 0 heterocycles. The van der Waals surface area contributed by atoms with Crippen molar-refractivity contribution in [3.8, 4) is 0 Å². The third-order valence-corrected chi connectivity index (χ3v) is 1.87. The number of nitrogens with two attached hydrogens (primary N) is 2. The molecule has 0 aliphatic heterocycles. The van der Waals surface area contributed by atoms with Gasteiger partial charge in [0.15, 0.2) is 0 Å². The highest BCUT2D eigenvalue weighted by Gasteiger charge is 1.98.